The Bertz CT molecular complexity index is 388. The van der Waals surface area contributed by atoms with Crippen molar-refractivity contribution in [2.24, 2.45) is 0 Å². The zero-order valence-electron chi connectivity index (χ0n) is 12.9. The van der Waals surface area contributed by atoms with E-state index in [-0.39, 0.29) is 0 Å². The van der Waals surface area contributed by atoms with E-state index in [0.717, 1.165) is 6.54 Å². The van der Waals surface area contributed by atoms with Crippen LogP contribution in [-0.2, 0) is 6.54 Å². The van der Waals surface area contributed by atoms with E-state index in [0.29, 0.717) is 19.1 Å². The SMILES string of the molecule is Cc1cccc(CN(C)CC(C)(O)CNC(C)C)c1. The van der Waals surface area contributed by atoms with Crippen LogP contribution in [0, 0.1) is 6.92 Å². The molecule has 0 aliphatic carbocycles. The molecular weight excluding hydrogens is 236 g/mol. The van der Waals surface area contributed by atoms with E-state index in [4.69, 9.17) is 0 Å². The molecule has 0 amide bonds. The quantitative estimate of drug-likeness (QED) is 0.792. The lowest BCUT2D eigenvalue weighted by Crippen LogP contribution is -2.47. The van der Waals surface area contributed by atoms with E-state index < -0.39 is 5.60 Å². The minimum Gasteiger partial charge on any atom is -0.388 e. The smallest absolute Gasteiger partial charge is 0.0869 e. The van der Waals surface area contributed by atoms with Crippen molar-refractivity contribution in [1.29, 1.82) is 0 Å². The molecule has 3 nitrogen and oxygen atoms in total. The lowest BCUT2D eigenvalue weighted by Gasteiger charge is -2.30. The molecule has 1 aromatic rings. The molecule has 1 aromatic carbocycles. The fraction of sp³-hybridized carbons (Fsp3) is 0.625. The molecule has 0 spiro atoms. The second-order valence-electron chi connectivity index (χ2n) is 6.19. The predicted molar refractivity (Wildman–Crippen MR) is 81.3 cm³/mol. The molecule has 0 heterocycles. The number of benzene rings is 1. The van der Waals surface area contributed by atoms with Gasteiger partial charge in [-0.25, -0.2) is 0 Å². The summed E-state index contributed by atoms with van der Waals surface area (Å²) in [7, 11) is 2.05. The number of nitrogens with one attached hydrogen (secondary N) is 1. The molecule has 0 radical (unpaired) electrons. The van der Waals surface area contributed by atoms with E-state index in [1.165, 1.54) is 11.1 Å². The first-order chi connectivity index (χ1) is 8.78. The zero-order valence-corrected chi connectivity index (χ0v) is 12.9. The summed E-state index contributed by atoms with van der Waals surface area (Å²) in [6.45, 7) is 10.3. The molecule has 19 heavy (non-hydrogen) atoms. The number of hydrogen-bond acceptors (Lipinski definition) is 3. The Kier molecular flexibility index (Phi) is 5.98. The molecule has 0 aliphatic rings. The van der Waals surface area contributed by atoms with Crippen molar-refractivity contribution in [1.82, 2.24) is 10.2 Å². The van der Waals surface area contributed by atoms with Crippen LogP contribution in [-0.4, -0.2) is 41.8 Å². The van der Waals surface area contributed by atoms with Gasteiger partial charge in [0.1, 0.15) is 0 Å². The first-order valence-corrected chi connectivity index (χ1v) is 6.98. The van der Waals surface area contributed by atoms with Crippen molar-refractivity contribution in [3.05, 3.63) is 35.4 Å². The Morgan fingerprint density at radius 1 is 1.37 bits per heavy atom. The van der Waals surface area contributed by atoms with Gasteiger partial charge < -0.3 is 10.4 Å². The van der Waals surface area contributed by atoms with E-state index in [9.17, 15) is 5.11 Å². The molecule has 0 fully saturated rings. The summed E-state index contributed by atoms with van der Waals surface area (Å²) in [5.41, 5.74) is 1.86. The second kappa shape index (κ2) is 7.04. The first-order valence-electron chi connectivity index (χ1n) is 6.98. The van der Waals surface area contributed by atoms with Gasteiger partial charge in [0.2, 0.25) is 0 Å². The summed E-state index contributed by atoms with van der Waals surface area (Å²) in [5.74, 6) is 0. The highest BCUT2D eigenvalue weighted by Gasteiger charge is 2.22. The summed E-state index contributed by atoms with van der Waals surface area (Å²) < 4.78 is 0. The summed E-state index contributed by atoms with van der Waals surface area (Å²) >= 11 is 0. The highest BCUT2D eigenvalue weighted by atomic mass is 16.3. The summed E-state index contributed by atoms with van der Waals surface area (Å²) in [5, 5.41) is 13.6. The Morgan fingerprint density at radius 2 is 2.05 bits per heavy atom. The van der Waals surface area contributed by atoms with Gasteiger partial charge in [0, 0.05) is 25.7 Å². The van der Waals surface area contributed by atoms with Gasteiger partial charge in [0.05, 0.1) is 5.60 Å². The van der Waals surface area contributed by atoms with E-state index in [2.05, 4.69) is 55.3 Å². The number of aliphatic hydroxyl groups is 1. The van der Waals surface area contributed by atoms with Gasteiger partial charge in [0.25, 0.3) is 0 Å². The molecule has 2 N–H and O–H groups in total. The Balaban J connectivity index is 2.47. The van der Waals surface area contributed by atoms with Gasteiger partial charge in [-0.15, -0.1) is 0 Å². The van der Waals surface area contributed by atoms with E-state index in [1.807, 2.05) is 14.0 Å². The molecular formula is C16H28N2O. The van der Waals surface area contributed by atoms with Crippen molar-refractivity contribution in [3.63, 3.8) is 0 Å². The maximum absolute atomic E-state index is 10.4. The molecule has 0 saturated carbocycles. The van der Waals surface area contributed by atoms with Crippen LogP contribution < -0.4 is 5.32 Å². The number of rotatable bonds is 7. The zero-order chi connectivity index (χ0) is 14.5. The van der Waals surface area contributed by atoms with Gasteiger partial charge in [-0.2, -0.15) is 0 Å². The van der Waals surface area contributed by atoms with Crippen molar-refractivity contribution in [2.75, 3.05) is 20.1 Å². The fourth-order valence-electron chi connectivity index (χ4n) is 2.24. The van der Waals surface area contributed by atoms with Crippen LogP contribution in [0.25, 0.3) is 0 Å². The summed E-state index contributed by atoms with van der Waals surface area (Å²) in [6.07, 6.45) is 0. The summed E-state index contributed by atoms with van der Waals surface area (Å²) in [6, 6.07) is 8.90. The van der Waals surface area contributed by atoms with Crippen molar-refractivity contribution < 1.29 is 5.11 Å². The van der Waals surface area contributed by atoms with Crippen molar-refractivity contribution in [2.45, 2.75) is 45.9 Å². The van der Waals surface area contributed by atoms with Crippen LogP contribution in [0.15, 0.2) is 24.3 Å². The van der Waals surface area contributed by atoms with Crippen LogP contribution in [0.5, 0.6) is 0 Å². The standard InChI is InChI=1S/C16H28N2O/c1-13(2)17-11-16(4,19)12-18(5)10-15-8-6-7-14(3)9-15/h6-9,13,17,19H,10-12H2,1-5H3. The molecule has 0 aromatic heterocycles. The number of nitrogens with zero attached hydrogens (tertiary/aromatic N) is 1. The highest BCUT2D eigenvalue weighted by molar-refractivity contribution is 5.22. The third-order valence-corrected chi connectivity index (χ3v) is 3.04. The van der Waals surface area contributed by atoms with Crippen molar-refractivity contribution in [3.8, 4) is 0 Å². The largest absolute Gasteiger partial charge is 0.388 e. The summed E-state index contributed by atoms with van der Waals surface area (Å²) in [4.78, 5) is 2.16. The fourth-order valence-corrected chi connectivity index (χ4v) is 2.24. The molecule has 1 rings (SSSR count). The average molecular weight is 264 g/mol. The number of hydrogen-bond donors (Lipinski definition) is 2. The van der Waals surface area contributed by atoms with Gasteiger partial charge in [-0.05, 0) is 26.5 Å². The minimum atomic E-state index is -0.706. The molecule has 108 valence electrons. The molecule has 1 atom stereocenters. The van der Waals surface area contributed by atoms with Crippen molar-refractivity contribution >= 4 is 0 Å². The predicted octanol–water partition coefficient (Wildman–Crippen LogP) is 2.18. The molecule has 3 heteroatoms. The third kappa shape index (κ3) is 6.71. The van der Waals surface area contributed by atoms with Gasteiger partial charge in [-0.3, -0.25) is 4.90 Å². The molecule has 0 bridgehead atoms. The van der Waals surface area contributed by atoms with Crippen LogP contribution in [0.1, 0.15) is 31.9 Å². The van der Waals surface area contributed by atoms with Gasteiger partial charge >= 0.3 is 0 Å². The average Bonchev–Trinajstić information content (AvgIpc) is 2.25. The Hall–Kier alpha value is -0.900. The second-order valence-corrected chi connectivity index (χ2v) is 6.19. The maximum atomic E-state index is 10.4. The monoisotopic (exact) mass is 264 g/mol. The Labute approximate surface area is 117 Å². The Morgan fingerprint density at radius 3 is 2.63 bits per heavy atom. The third-order valence-electron chi connectivity index (χ3n) is 3.04. The number of likely N-dealkylation sites (N-methyl/N-ethyl adjacent to an activating group) is 1. The highest BCUT2D eigenvalue weighted by Crippen LogP contribution is 2.10. The van der Waals surface area contributed by atoms with Gasteiger partial charge in [-0.1, -0.05) is 43.7 Å². The first kappa shape index (κ1) is 16.2. The molecule has 0 aliphatic heterocycles. The number of aryl methyl sites for hydroxylation is 1. The van der Waals surface area contributed by atoms with Crippen LogP contribution in [0.2, 0.25) is 0 Å². The van der Waals surface area contributed by atoms with Crippen LogP contribution in [0.3, 0.4) is 0 Å². The lowest BCUT2D eigenvalue weighted by molar-refractivity contribution is 0.0240. The van der Waals surface area contributed by atoms with E-state index in [1.54, 1.807) is 0 Å². The van der Waals surface area contributed by atoms with Crippen LogP contribution in [0.4, 0.5) is 0 Å². The van der Waals surface area contributed by atoms with Crippen LogP contribution >= 0.6 is 0 Å². The molecule has 1 unspecified atom stereocenters. The lowest BCUT2D eigenvalue weighted by atomic mass is 10.1. The minimum absolute atomic E-state index is 0.397. The topological polar surface area (TPSA) is 35.5 Å². The molecule has 0 saturated heterocycles. The normalized spacial score (nSPS) is 14.9. The van der Waals surface area contributed by atoms with E-state index >= 15 is 0 Å². The maximum Gasteiger partial charge on any atom is 0.0869 e. The van der Waals surface area contributed by atoms with Gasteiger partial charge in [0.15, 0.2) is 0 Å².